The number of phosphoric acid groups is 1. The van der Waals surface area contributed by atoms with Gasteiger partial charge in [-0.2, -0.15) is 0 Å². The average molecular weight is 312 g/mol. The van der Waals surface area contributed by atoms with E-state index >= 15 is 0 Å². The summed E-state index contributed by atoms with van der Waals surface area (Å²) in [7, 11) is -4.77. The van der Waals surface area contributed by atoms with E-state index < -0.39 is 25.5 Å². The standard InChI is InChI=1S/C13H13O7P/c1-7(13(15)16)8-2-4-10-9(6-8)3-5-11(12(10)14)20-21(17,18)19/h2-7,14H,1H3,(H,15,16)(H2,17,18,19). The van der Waals surface area contributed by atoms with Gasteiger partial charge in [0, 0.05) is 5.39 Å². The maximum Gasteiger partial charge on any atom is 0.524 e. The van der Waals surface area contributed by atoms with Gasteiger partial charge in [0.1, 0.15) is 0 Å². The third-order valence-electron chi connectivity index (χ3n) is 3.07. The summed E-state index contributed by atoms with van der Waals surface area (Å²) in [5.41, 5.74) is 0.554. The highest BCUT2D eigenvalue weighted by molar-refractivity contribution is 7.46. The molecule has 0 fully saturated rings. The van der Waals surface area contributed by atoms with Crippen LogP contribution in [0.2, 0.25) is 0 Å². The highest BCUT2D eigenvalue weighted by atomic mass is 31.2. The van der Waals surface area contributed by atoms with Crippen molar-refractivity contribution in [2.45, 2.75) is 12.8 Å². The lowest BCUT2D eigenvalue weighted by molar-refractivity contribution is -0.138. The van der Waals surface area contributed by atoms with E-state index in [2.05, 4.69) is 4.52 Å². The molecule has 0 aromatic heterocycles. The number of aromatic hydroxyl groups is 1. The van der Waals surface area contributed by atoms with Gasteiger partial charge in [-0.15, -0.1) is 0 Å². The fourth-order valence-corrected chi connectivity index (χ4v) is 2.33. The first kappa shape index (κ1) is 15.3. The Morgan fingerprint density at radius 3 is 2.48 bits per heavy atom. The topological polar surface area (TPSA) is 124 Å². The molecule has 0 aliphatic heterocycles. The number of fused-ring (bicyclic) bond motifs is 1. The van der Waals surface area contributed by atoms with E-state index in [9.17, 15) is 14.5 Å². The summed E-state index contributed by atoms with van der Waals surface area (Å²) < 4.78 is 15.2. The lowest BCUT2D eigenvalue weighted by Crippen LogP contribution is -2.07. The first-order valence-electron chi connectivity index (χ1n) is 5.92. The minimum Gasteiger partial charge on any atom is -0.504 e. The highest BCUT2D eigenvalue weighted by Gasteiger charge is 2.20. The molecule has 0 spiro atoms. The molecule has 2 aromatic rings. The molecule has 0 saturated heterocycles. The Balaban J connectivity index is 2.51. The molecular formula is C13H13O7P. The predicted molar refractivity (Wildman–Crippen MR) is 74.3 cm³/mol. The number of phosphoric ester groups is 1. The van der Waals surface area contributed by atoms with Crippen LogP contribution in [0.3, 0.4) is 0 Å². The van der Waals surface area contributed by atoms with E-state index in [4.69, 9.17) is 14.9 Å². The third-order valence-corrected chi connectivity index (χ3v) is 3.50. The molecule has 7 nitrogen and oxygen atoms in total. The summed E-state index contributed by atoms with van der Waals surface area (Å²) in [6.45, 7) is 1.54. The van der Waals surface area contributed by atoms with Gasteiger partial charge >= 0.3 is 13.8 Å². The Morgan fingerprint density at radius 1 is 1.24 bits per heavy atom. The third kappa shape index (κ3) is 3.33. The van der Waals surface area contributed by atoms with Crippen molar-refractivity contribution in [1.82, 2.24) is 0 Å². The summed E-state index contributed by atoms with van der Waals surface area (Å²) in [5.74, 6) is -2.43. The van der Waals surface area contributed by atoms with Crippen LogP contribution in [0.5, 0.6) is 11.5 Å². The molecule has 21 heavy (non-hydrogen) atoms. The summed E-state index contributed by atoms with van der Waals surface area (Å²) in [5, 5.41) is 19.8. The van der Waals surface area contributed by atoms with Crippen LogP contribution in [0.4, 0.5) is 0 Å². The van der Waals surface area contributed by atoms with Gasteiger partial charge in [0.05, 0.1) is 5.92 Å². The maximum atomic E-state index is 11.0. The fraction of sp³-hybridized carbons (Fsp3) is 0.154. The van der Waals surface area contributed by atoms with Crippen LogP contribution in [0.1, 0.15) is 18.4 Å². The number of hydrogen-bond donors (Lipinski definition) is 4. The summed E-state index contributed by atoms with van der Waals surface area (Å²) in [6.07, 6.45) is 0. The van der Waals surface area contributed by atoms with E-state index in [1.165, 1.54) is 31.2 Å². The Kier molecular flexibility index (Phi) is 3.91. The fourth-order valence-electron chi connectivity index (χ4n) is 1.93. The second-order valence-electron chi connectivity index (χ2n) is 4.53. The molecule has 4 N–H and O–H groups in total. The number of hydrogen-bond acceptors (Lipinski definition) is 4. The molecule has 8 heteroatoms. The Hall–Kier alpha value is -2.08. The van der Waals surface area contributed by atoms with Crippen molar-refractivity contribution in [3.63, 3.8) is 0 Å². The van der Waals surface area contributed by atoms with Gasteiger partial charge in [-0.1, -0.05) is 24.3 Å². The van der Waals surface area contributed by atoms with Gasteiger partial charge in [0.15, 0.2) is 11.5 Å². The number of rotatable bonds is 4. The zero-order valence-corrected chi connectivity index (χ0v) is 11.8. The van der Waals surface area contributed by atoms with Crippen LogP contribution in [0.15, 0.2) is 30.3 Å². The summed E-state index contributed by atoms with van der Waals surface area (Å²) >= 11 is 0. The van der Waals surface area contributed by atoms with E-state index in [0.717, 1.165) is 0 Å². The number of carbonyl (C=O) groups is 1. The van der Waals surface area contributed by atoms with E-state index in [0.29, 0.717) is 16.3 Å². The molecular weight excluding hydrogens is 299 g/mol. The number of carboxylic acids is 1. The van der Waals surface area contributed by atoms with Gasteiger partial charge in [0.25, 0.3) is 0 Å². The van der Waals surface area contributed by atoms with Crippen LogP contribution in [-0.4, -0.2) is 26.0 Å². The molecule has 1 unspecified atom stereocenters. The molecule has 0 aliphatic rings. The van der Waals surface area contributed by atoms with Crippen molar-refractivity contribution in [1.29, 1.82) is 0 Å². The number of benzene rings is 2. The average Bonchev–Trinajstić information content (AvgIpc) is 2.39. The monoisotopic (exact) mass is 312 g/mol. The number of carboxylic acid groups (broad SMARTS) is 1. The van der Waals surface area contributed by atoms with Crippen LogP contribution in [0.25, 0.3) is 10.8 Å². The lowest BCUT2D eigenvalue weighted by atomic mass is 9.97. The van der Waals surface area contributed by atoms with Crippen LogP contribution in [-0.2, 0) is 9.36 Å². The molecule has 0 amide bonds. The Bertz CT molecular complexity index is 750. The molecule has 112 valence electrons. The molecule has 2 aromatic carbocycles. The number of phenols is 1. The van der Waals surface area contributed by atoms with Gasteiger partial charge in [-0.3, -0.25) is 14.6 Å². The van der Waals surface area contributed by atoms with Gasteiger partial charge < -0.3 is 14.7 Å². The van der Waals surface area contributed by atoms with Crippen molar-refractivity contribution in [2.24, 2.45) is 0 Å². The van der Waals surface area contributed by atoms with Crippen molar-refractivity contribution >= 4 is 24.6 Å². The Labute approximate surface area is 119 Å². The quantitative estimate of drug-likeness (QED) is 0.638. The largest absolute Gasteiger partial charge is 0.524 e. The van der Waals surface area contributed by atoms with Crippen LogP contribution < -0.4 is 4.52 Å². The molecule has 0 bridgehead atoms. The lowest BCUT2D eigenvalue weighted by Gasteiger charge is -2.12. The van der Waals surface area contributed by atoms with Crippen molar-refractivity contribution in [3.05, 3.63) is 35.9 Å². The van der Waals surface area contributed by atoms with Crippen LogP contribution in [0, 0.1) is 0 Å². The first-order chi connectivity index (χ1) is 9.69. The number of phenolic OH excluding ortho intramolecular Hbond substituents is 1. The molecule has 2 rings (SSSR count). The number of aliphatic carboxylic acids is 1. The van der Waals surface area contributed by atoms with Gasteiger partial charge in [0.2, 0.25) is 0 Å². The van der Waals surface area contributed by atoms with Gasteiger partial charge in [-0.05, 0) is 23.9 Å². The minimum absolute atomic E-state index is 0.308. The van der Waals surface area contributed by atoms with Crippen LogP contribution >= 0.6 is 7.82 Å². The second kappa shape index (κ2) is 5.37. The molecule has 0 aliphatic carbocycles. The maximum absolute atomic E-state index is 11.0. The predicted octanol–water partition coefficient (Wildman–Crippen LogP) is 2.21. The van der Waals surface area contributed by atoms with E-state index in [1.54, 1.807) is 6.07 Å². The normalized spacial score (nSPS) is 13.1. The van der Waals surface area contributed by atoms with Crippen molar-refractivity contribution < 1.29 is 33.9 Å². The van der Waals surface area contributed by atoms with E-state index in [-0.39, 0.29) is 5.75 Å². The second-order valence-corrected chi connectivity index (χ2v) is 5.70. The minimum atomic E-state index is -4.77. The molecule has 1 atom stereocenters. The zero-order valence-electron chi connectivity index (χ0n) is 10.9. The highest BCUT2D eigenvalue weighted by Crippen LogP contribution is 2.44. The molecule has 0 radical (unpaired) electrons. The molecule has 0 heterocycles. The smallest absolute Gasteiger partial charge is 0.504 e. The SMILES string of the molecule is CC(C(=O)O)c1ccc2c(O)c(OP(=O)(O)O)ccc2c1. The Morgan fingerprint density at radius 2 is 1.90 bits per heavy atom. The van der Waals surface area contributed by atoms with E-state index in [1.807, 2.05) is 0 Å². The summed E-state index contributed by atoms with van der Waals surface area (Å²) in [6, 6.07) is 7.30. The van der Waals surface area contributed by atoms with Crippen molar-refractivity contribution in [2.75, 3.05) is 0 Å². The van der Waals surface area contributed by atoms with Crippen molar-refractivity contribution in [3.8, 4) is 11.5 Å². The van der Waals surface area contributed by atoms with Gasteiger partial charge in [-0.25, -0.2) is 4.57 Å². The first-order valence-corrected chi connectivity index (χ1v) is 7.45. The summed E-state index contributed by atoms with van der Waals surface area (Å²) in [4.78, 5) is 28.5. The zero-order chi connectivity index (χ0) is 15.8. The molecule has 0 saturated carbocycles.